The summed E-state index contributed by atoms with van der Waals surface area (Å²) in [5, 5.41) is 10.1. The van der Waals surface area contributed by atoms with E-state index in [1.807, 2.05) is 6.92 Å². The van der Waals surface area contributed by atoms with E-state index in [1.165, 1.54) is 13.0 Å². The second-order valence-electron chi connectivity index (χ2n) is 4.05. The fourth-order valence-corrected chi connectivity index (χ4v) is 1.63. The van der Waals surface area contributed by atoms with Crippen LogP contribution in [0, 0.1) is 17.6 Å². The Labute approximate surface area is 88.7 Å². The van der Waals surface area contributed by atoms with Gasteiger partial charge >= 0.3 is 0 Å². The van der Waals surface area contributed by atoms with Crippen molar-refractivity contribution in [3.05, 3.63) is 35.4 Å². The van der Waals surface area contributed by atoms with Gasteiger partial charge in [0.2, 0.25) is 0 Å². The quantitative estimate of drug-likeness (QED) is 0.819. The smallest absolute Gasteiger partial charge is 0.132 e. The molecule has 0 spiro atoms. The zero-order valence-electron chi connectivity index (χ0n) is 9.22. The molecule has 2 unspecified atom stereocenters. The Bertz CT molecular complexity index is 327. The van der Waals surface area contributed by atoms with E-state index in [0.29, 0.717) is 6.42 Å². The van der Waals surface area contributed by atoms with Crippen LogP contribution in [0.3, 0.4) is 0 Å². The summed E-state index contributed by atoms with van der Waals surface area (Å²) in [7, 11) is 0. The third-order valence-electron chi connectivity index (χ3n) is 3.04. The molecule has 84 valence electrons. The van der Waals surface area contributed by atoms with E-state index in [-0.39, 0.29) is 11.5 Å². The topological polar surface area (TPSA) is 20.2 Å². The van der Waals surface area contributed by atoms with E-state index in [0.717, 1.165) is 12.1 Å². The Morgan fingerprint density at radius 2 is 1.80 bits per heavy atom. The van der Waals surface area contributed by atoms with Crippen LogP contribution >= 0.6 is 0 Å². The summed E-state index contributed by atoms with van der Waals surface area (Å²) in [6, 6.07) is 3.62. The lowest BCUT2D eigenvalue weighted by molar-refractivity contribution is -0.00646. The summed E-state index contributed by atoms with van der Waals surface area (Å²) in [5.74, 6) is -1.59. The molecule has 1 nitrogen and oxygen atoms in total. The molecule has 1 aromatic rings. The lowest BCUT2D eigenvalue weighted by atomic mass is 9.82. The van der Waals surface area contributed by atoms with Gasteiger partial charge in [0, 0.05) is 0 Å². The Kier molecular flexibility index (Phi) is 3.45. The van der Waals surface area contributed by atoms with Crippen molar-refractivity contribution in [1.29, 1.82) is 0 Å². The van der Waals surface area contributed by atoms with Crippen LogP contribution in [0.5, 0.6) is 0 Å². The highest BCUT2D eigenvalue weighted by molar-refractivity contribution is 5.26. The molecule has 0 bridgehead atoms. The lowest BCUT2D eigenvalue weighted by Gasteiger charge is -2.30. The predicted octanol–water partition coefficient (Wildman–Crippen LogP) is 3.22. The summed E-state index contributed by atoms with van der Waals surface area (Å²) in [6.45, 7) is 5.09. The van der Waals surface area contributed by atoms with Crippen LogP contribution in [-0.4, -0.2) is 5.11 Å². The second-order valence-corrected chi connectivity index (χ2v) is 4.05. The van der Waals surface area contributed by atoms with Crippen LogP contribution < -0.4 is 0 Å². The number of rotatable bonds is 3. The summed E-state index contributed by atoms with van der Waals surface area (Å²) >= 11 is 0. The van der Waals surface area contributed by atoms with E-state index in [4.69, 9.17) is 0 Å². The van der Waals surface area contributed by atoms with Crippen molar-refractivity contribution in [3.63, 3.8) is 0 Å². The second kappa shape index (κ2) is 4.27. The molecule has 15 heavy (non-hydrogen) atoms. The van der Waals surface area contributed by atoms with Crippen LogP contribution in [0.2, 0.25) is 0 Å². The maximum Gasteiger partial charge on any atom is 0.132 e. The van der Waals surface area contributed by atoms with Gasteiger partial charge in [-0.05, 0) is 25.0 Å². The van der Waals surface area contributed by atoms with Gasteiger partial charge in [-0.2, -0.15) is 0 Å². The molecule has 0 aromatic heterocycles. The summed E-state index contributed by atoms with van der Waals surface area (Å²) in [6.07, 6.45) is 0.654. The third kappa shape index (κ3) is 2.17. The standard InChI is InChI=1S/C12H16F2O/c1-4-8(2)12(3,15)11-9(13)6-5-7-10(11)14/h5-8,15H,4H2,1-3H3. The molecule has 2 atom stereocenters. The van der Waals surface area contributed by atoms with E-state index in [1.54, 1.807) is 6.92 Å². The fraction of sp³-hybridized carbons (Fsp3) is 0.500. The summed E-state index contributed by atoms with van der Waals surface area (Å²) < 4.78 is 26.9. The van der Waals surface area contributed by atoms with Gasteiger partial charge in [0.25, 0.3) is 0 Å². The molecule has 1 aromatic carbocycles. The SMILES string of the molecule is CCC(C)C(C)(O)c1c(F)cccc1F. The molecule has 0 saturated carbocycles. The van der Waals surface area contributed by atoms with Crippen LogP contribution in [-0.2, 0) is 5.60 Å². The minimum Gasteiger partial charge on any atom is -0.385 e. The normalized spacial score (nSPS) is 17.2. The van der Waals surface area contributed by atoms with Gasteiger partial charge in [0.1, 0.15) is 11.6 Å². The Morgan fingerprint density at radius 3 is 2.20 bits per heavy atom. The number of benzene rings is 1. The number of aliphatic hydroxyl groups is 1. The van der Waals surface area contributed by atoms with Gasteiger partial charge in [-0.25, -0.2) is 8.78 Å². The lowest BCUT2D eigenvalue weighted by Crippen LogP contribution is -2.31. The van der Waals surface area contributed by atoms with Crippen LogP contribution in [0.15, 0.2) is 18.2 Å². The molecule has 0 amide bonds. The zero-order chi connectivity index (χ0) is 11.6. The molecule has 0 saturated heterocycles. The molecule has 0 fully saturated rings. The molecule has 3 heteroatoms. The Balaban J connectivity index is 3.25. The minimum absolute atomic E-state index is 0.205. The van der Waals surface area contributed by atoms with Gasteiger partial charge in [-0.3, -0.25) is 0 Å². The molecule has 0 aliphatic rings. The highest BCUT2D eigenvalue weighted by atomic mass is 19.1. The van der Waals surface area contributed by atoms with Crippen molar-refractivity contribution < 1.29 is 13.9 Å². The van der Waals surface area contributed by atoms with Gasteiger partial charge in [0.15, 0.2) is 0 Å². The van der Waals surface area contributed by atoms with Gasteiger partial charge in [-0.15, -0.1) is 0 Å². The number of hydrogen-bond acceptors (Lipinski definition) is 1. The highest BCUT2D eigenvalue weighted by Crippen LogP contribution is 2.34. The molecule has 0 heterocycles. The summed E-state index contributed by atoms with van der Waals surface area (Å²) in [4.78, 5) is 0. The van der Waals surface area contributed by atoms with E-state index in [9.17, 15) is 13.9 Å². The van der Waals surface area contributed by atoms with Crippen molar-refractivity contribution in [1.82, 2.24) is 0 Å². The number of halogens is 2. The maximum absolute atomic E-state index is 13.4. The monoisotopic (exact) mass is 214 g/mol. The first kappa shape index (κ1) is 12.1. The van der Waals surface area contributed by atoms with E-state index in [2.05, 4.69) is 0 Å². The molecule has 1 N–H and O–H groups in total. The molecule has 0 aliphatic heterocycles. The zero-order valence-corrected chi connectivity index (χ0v) is 9.22. The summed E-state index contributed by atoms with van der Waals surface area (Å²) in [5.41, 5.74) is -1.70. The van der Waals surface area contributed by atoms with E-state index >= 15 is 0 Å². The first-order chi connectivity index (χ1) is 6.91. The molecule has 0 radical (unpaired) electrons. The van der Waals surface area contributed by atoms with Crippen LogP contribution in [0.25, 0.3) is 0 Å². The molecular weight excluding hydrogens is 198 g/mol. The average molecular weight is 214 g/mol. The van der Waals surface area contributed by atoms with Crippen LogP contribution in [0.4, 0.5) is 8.78 Å². The molecule has 1 rings (SSSR count). The van der Waals surface area contributed by atoms with Gasteiger partial charge in [-0.1, -0.05) is 26.3 Å². The van der Waals surface area contributed by atoms with Crippen molar-refractivity contribution in [2.75, 3.05) is 0 Å². The Morgan fingerprint density at radius 1 is 1.33 bits per heavy atom. The van der Waals surface area contributed by atoms with Crippen LogP contribution in [0.1, 0.15) is 32.8 Å². The fourth-order valence-electron chi connectivity index (χ4n) is 1.63. The molecular formula is C12H16F2O. The minimum atomic E-state index is -1.47. The largest absolute Gasteiger partial charge is 0.385 e. The van der Waals surface area contributed by atoms with Crippen molar-refractivity contribution in [3.8, 4) is 0 Å². The van der Waals surface area contributed by atoms with E-state index < -0.39 is 17.2 Å². The Hall–Kier alpha value is -0.960. The first-order valence-electron chi connectivity index (χ1n) is 5.08. The predicted molar refractivity (Wildman–Crippen MR) is 55.4 cm³/mol. The maximum atomic E-state index is 13.4. The first-order valence-corrected chi connectivity index (χ1v) is 5.08. The van der Waals surface area contributed by atoms with Gasteiger partial charge in [0.05, 0.1) is 11.2 Å². The highest BCUT2D eigenvalue weighted by Gasteiger charge is 2.34. The molecule has 0 aliphatic carbocycles. The average Bonchev–Trinajstić information content (AvgIpc) is 2.15. The van der Waals surface area contributed by atoms with Gasteiger partial charge < -0.3 is 5.11 Å². The van der Waals surface area contributed by atoms with Crippen molar-refractivity contribution in [2.24, 2.45) is 5.92 Å². The van der Waals surface area contributed by atoms with Crippen molar-refractivity contribution in [2.45, 2.75) is 32.8 Å². The number of hydrogen-bond donors (Lipinski definition) is 1. The third-order valence-corrected chi connectivity index (χ3v) is 3.04. The van der Waals surface area contributed by atoms with Crippen molar-refractivity contribution >= 4 is 0 Å².